The molecule has 5 aromatic rings. The molecule has 0 spiro atoms. The lowest BCUT2D eigenvalue weighted by Gasteiger charge is -2.25. The molecule has 2 aromatic heterocycles. The van der Waals surface area contributed by atoms with Gasteiger partial charge in [0.25, 0.3) is 11.8 Å². The number of benzene rings is 3. The highest BCUT2D eigenvalue weighted by Crippen LogP contribution is 2.30. The fourth-order valence-corrected chi connectivity index (χ4v) is 4.73. The predicted molar refractivity (Wildman–Crippen MR) is 149 cm³/mol. The summed E-state index contributed by atoms with van der Waals surface area (Å²) in [6.07, 6.45) is 1.70. The van der Waals surface area contributed by atoms with E-state index >= 15 is 4.39 Å². The summed E-state index contributed by atoms with van der Waals surface area (Å²) in [5, 5.41) is 16.7. The first-order valence-corrected chi connectivity index (χ1v) is 12.5. The quantitative estimate of drug-likeness (QED) is 0.256. The first-order chi connectivity index (χ1) is 19.5. The van der Waals surface area contributed by atoms with Crippen LogP contribution >= 0.6 is 0 Å². The second-order valence-corrected chi connectivity index (χ2v) is 9.24. The fourth-order valence-electron chi connectivity index (χ4n) is 4.73. The number of rotatable bonds is 7. The van der Waals surface area contributed by atoms with E-state index in [-0.39, 0.29) is 23.7 Å². The number of halogens is 1. The van der Waals surface area contributed by atoms with Gasteiger partial charge in [-0.2, -0.15) is 5.26 Å². The number of anilines is 3. The van der Waals surface area contributed by atoms with Crippen LogP contribution in [0.25, 0.3) is 10.9 Å². The van der Waals surface area contributed by atoms with Gasteiger partial charge in [-0.1, -0.05) is 48.5 Å². The molecule has 0 saturated carbocycles. The van der Waals surface area contributed by atoms with E-state index < -0.39 is 23.7 Å². The number of imide groups is 1. The molecule has 2 amide bonds. The molecule has 0 radical (unpaired) electrons. The van der Waals surface area contributed by atoms with Gasteiger partial charge in [-0.15, -0.1) is 0 Å². The Hall–Kier alpha value is -5.62. The van der Waals surface area contributed by atoms with Gasteiger partial charge < -0.3 is 10.6 Å². The Labute approximate surface area is 228 Å². The van der Waals surface area contributed by atoms with E-state index in [0.29, 0.717) is 16.8 Å². The third kappa shape index (κ3) is 4.59. The van der Waals surface area contributed by atoms with Crippen molar-refractivity contribution >= 4 is 40.0 Å². The highest BCUT2D eigenvalue weighted by molar-refractivity contribution is 6.21. The normalized spacial score (nSPS) is 13.2. The summed E-state index contributed by atoms with van der Waals surface area (Å²) in [4.78, 5) is 36.0. The van der Waals surface area contributed by atoms with Crippen LogP contribution in [0.2, 0.25) is 0 Å². The number of hydrogen-bond donors (Lipinski definition) is 2. The largest absolute Gasteiger partial charge is 0.359 e. The lowest BCUT2D eigenvalue weighted by atomic mass is 10.1. The minimum Gasteiger partial charge on any atom is -0.359 e. The number of fused-ring (bicyclic) bond motifs is 2. The van der Waals surface area contributed by atoms with Crippen LogP contribution in [-0.4, -0.2) is 33.2 Å². The zero-order valence-electron chi connectivity index (χ0n) is 21.0. The van der Waals surface area contributed by atoms with Gasteiger partial charge in [0.2, 0.25) is 0 Å². The highest BCUT2D eigenvalue weighted by atomic mass is 19.1. The lowest BCUT2D eigenvalue weighted by Crippen LogP contribution is -2.36. The van der Waals surface area contributed by atoms with E-state index in [1.807, 2.05) is 60.7 Å². The maximum absolute atomic E-state index is 15.3. The number of nitrogens with zero attached hydrogens (tertiary/aromatic N) is 4. The summed E-state index contributed by atoms with van der Waals surface area (Å²) in [6, 6.07) is 27.4. The number of nitriles is 1. The number of amides is 2. The molecule has 3 heterocycles. The first kappa shape index (κ1) is 24.7. The number of carbonyl (C=O) groups is 2. The van der Waals surface area contributed by atoms with Crippen LogP contribution in [-0.2, 0) is 0 Å². The van der Waals surface area contributed by atoms with E-state index in [9.17, 15) is 14.9 Å². The Morgan fingerprint density at radius 3 is 2.33 bits per heavy atom. The number of aromatic nitrogens is 2. The van der Waals surface area contributed by atoms with Crippen LogP contribution in [0.4, 0.5) is 21.7 Å². The molecule has 0 saturated heterocycles. The van der Waals surface area contributed by atoms with Gasteiger partial charge in [-0.25, -0.2) is 9.37 Å². The molecular weight excluding hydrogens is 507 g/mol. The van der Waals surface area contributed by atoms with E-state index in [1.165, 1.54) is 0 Å². The average molecular weight is 529 g/mol. The van der Waals surface area contributed by atoms with Gasteiger partial charge in [-0.05, 0) is 48.0 Å². The second-order valence-electron chi connectivity index (χ2n) is 9.24. The molecule has 0 bridgehead atoms. The van der Waals surface area contributed by atoms with Crippen LogP contribution in [0.5, 0.6) is 0 Å². The maximum atomic E-state index is 15.3. The van der Waals surface area contributed by atoms with Crippen LogP contribution in [0.3, 0.4) is 0 Å². The molecule has 0 unspecified atom stereocenters. The van der Waals surface area contributed by atoms with Crippen molar-refractivity contribution in [3.8, 4) is 6.07 Å². The van der Waals surface area contributed by atoms with Crippen molar-refractivity contribution in [1.29, 1.82) is 5.26 Å². The summed E-state index contributed by atoms with van der Waals surface area (Å²) in [5.41, 5.74) is 2.86. The maximum Gasteiger partial charge on any atom is 0.261 e. The van der Waals surface area contributed by atoms with Gasteiger partial charge in [-0.3, -0.25) is 19.5 Å². The molecule has 1 aliphatic rings. The zero-order valence-corrected chi connectivity index (χ0v) is 21.0. The Kier molecular flexibility index (Phi) is 6.34. The molecule has 194 valence electrons. The number of nitrogens with one attached hydrogen (secondary N) is 2. The molecule has 6 rings (SSSR count). The van der Waals surface area contributed by atoms with Gasteiger partial charge in [0, 0.05) is 17.3 Å². The lowest BCUT2D eigenvalue weighted by molar-refractivity contribution is 0.0647. The minimum atomic E-state index is -0.742. The fraction of sp³-hybridized carbons (Fsp3) is 0.0645. The first-order valence-electron chi connectivity index (χ1n) is 12.5. The third-order valence-corrected chi connectivity index (χ3v) is 6.72. The molecule has 2 N–H and O–H groups in total. The summed E-state index contributed by atoms with van der Waals surface area (Å²) in [5.74, 6) is -1.54. The average Bonchev–Trinajstić information content (AvgIpc) is 3.23. The zero-order chi connectivity index (χ0) is 27.6. The summed E-state index contributed by atoms with van der Waals surface area (Å²) < 4.78 is 15.3. The Bertz CT molecular complexity index is 1780. The van der Waals surface area contributed by atoms with E-state index in [2.05, 4.69) is 20.6 Å². The van der Waals surface area contributed by atoms with E-state index in [4.69, 9.17) is 0 Å². The summed E-state index contributed by atoms with van der Waals surface area (Å²) >= 11 is 0. The topological polar surface area (TPSA) is 111 Å². The summed E-state index contributed by atoms with van der Waals surface area (Å²) in [6.45, 7) is -0.0576. The number of pyridine rings is 2. The van der Waals surface area contributed by atoms with Crippen molar-refractivity contribution in [2.24, 2.45) is 0 Å². The molecular formula is C31H21FN6O2. The van der Waals surface area contributed by atoms with Gasteiger partial charge in [0.1, 0.15) is 6.07 Å². The van der Waals surface area contributed by atoms with Crippen molar-refractivity contribution in [2.45, 2.75) is 6.04 Å². The highest BCUT2D eigenvalue weighted by Gasteiger charge is 2.37. The molecule has 9 heteroatoms. The third-order valence-electron chi connectivity index (χ3n) is 6.72. The Morgan fingerprint density at radius 2 is 1.60 bits per heavy atom. The minimum absolute atomic E-state index is 0.0194. The molecule has 0 fully saturated rings. The van der Waals surface area contributed by atoms with Crippen molar-refractivity contribution < 1.29 is 14.0 Å². The molecule has 1 aliphatic heterocycles. The van der Waals surface area contributed by atoms with Gasteiger partial charge >= 0.3 is 0 Å². The second kappa shape index (κ2) is 10.3. The standard InChI is InChI=1S/C31H21FN6O2/c32-25-16-21(17-33)28(35-22-12-13-26-20(15-22)9-6-14-34-26)37-29(25)36-27(19-7-2-1-3-8-19)18-38-30(39)23-10-4-5-11-24(23)31(38)40/h1-16,27H,18H2,(H2,35,36,37)/t27-/m0/s1. The van der Waals surface area contributed by atoms with E-state index in [0.717, 1.165) is 27.4 Å². The van der Waals surface area contributed by atoms with E-state index in [1.54, 1.807) is 36.5 Å². The van der Waals surface area contributed by atoms with Crippen molar-refractivity contribution in [3.05, 3.63) is 125 Å². The number of carbonyl (C=O) groups excluding carboxylic acids is 2. The number of hydrogen-bond acceptors (Lipinski definition) is 7. The van der Waals surface area contributed by atoms with Crippen LogP contribution in [0.15, 0.2) is 97.2 Å². The molecule has 0 aliphatic carbocycles. The van der Waals surface area contributed by atoms with Crippen molar-refractivity contribution in [2.75, 3.05) is 17.2 Å². The van der Waals surface area contributed by atoms with Gasteiger partial charge in [0.05, 0.1) is 34.8 Å². The monoisotopic (exact) mass is 528 g/mol. The van der Waals surface area contributed by atoms with Crippen LogP contribution in [0.1, 0.15) is 37.9 Å². The summed E-state index contributed by atoms with van der Waals surface area (Å²) in [7, 11) is 0. The van der Waals surface area contributed by atoms with Gasteiger partial charge in [0.15, 0.2) is 17.5 Å². The Balaban J connectivity index is 1.33. The Morgan fingerprint density at radius 1 is 0.875 bits per heavy atom. The SMILES string of the molecule is N#Cc1cc(F)c(N[C@@H](CN2C(=O)c3ccccc3C2=O)c2ccccc2)nc1Nc1ccc2ncccc2c1. The van der Waals surface area contributed by atoms with Crippen molar-refractivity contribution in [1.82, 2.24) is 14.9 Å². The smallest absolute Gasteiger partial charge is 0.261 e. The van der Waals surface area contributed by atoms with Crippen molar-refractivity contribution in [3.63, 3.8) is 0 Å². The van der Waals surface area contributed by atoms with Crippen LogP contribution < -0.4 is 10.6 Å². The molecule has 40 heavy (non-hydrogen) atoms. The molecule has 1 atom stereocenters. The predicted octanol–water partition coefficient (Wildman–Crippen LogP) is 5.83. The van der Waals surface area contributed by atoms with Crippen LogP contribution in [0, 0.1) is 17.1 Å². The molecule has 3 aromatic carbocycles. The molecule has 8 nitrogen and oxygen atoms in total.